The lowest BCUT2D eigenvalue weighted by molar-refractivity contribution is 0.434. The van der Waals surface area contributed by atoms with Gasteiger partial charge in [-0.25, -0.2) is 0 Å². The van der Waals surface area contributed by atoms with Crippen molar-refractivity contribution < 1.29 is 5.11 Å². The summed E-state index contributed by atoms with van der Waals surface area (Å²) >= 11 is 1.67. The summed E-state index contributed by atoms with van der Waals surface area (Å²) in [5.74, 6) is 0.888. The molecule has 1 N–H and O–H groups in total. The summed E-state index contributed by atoms with van der Waals surface area (Å²) in [7, 11) is 0. The van der Waals surface area contributed by atoms with Crippen LogP contribution < -0.4 is 0 Å². The minimum absolute atomic E-state index is 0.0274. The molecule has 0 radical (unpaired) electrons. The number of hydrogen-bond acceptors (Lipinski definition) is 4. The predicted octanol–water partition coefficient (Wildman–Crippen LogP) is 4.27. The topological polar surface area (TPSA) is 45.5 Å². The van der Waals surface area contributed by atoms with Crippen molar-refractivity contribution in [1.82, 2.24) is 4.98 Å². The molecule has 0 unspecified atom stereocenters. The Morgan fingerprint density at radius 2 is 2.26 bits per heavy atom. The Bertz CT molecular complexity index is 507. The van der Waals surface area contributed by atoms with Gasteiger partial charge < -0.3 is 5.11 Å². The number of rotatable bonds is 5. The Morgan fingerprint density at radius 3 is 2.89 bits per heavy atom. The van der Waals surface area contributed by atoms with Gasteiger partial charge in [0.15, 0.2) is 0 Å². The van der Waals surface area contributed by atoms with E-state index in [0.717, 1.165) is 28.6 Å². The van der Waals surface area contributed by atoms with E-state index in [1.54, 1.807) is 17.8 Å². The highest BCUT2D eigenvalue weighted by Gasteiger charge is 2.02. The van der Waals surface area contributed by atoms with Crippen molar-refractivity contribution in [3.63, 3.8) is 0 Å². The number of hydrogen-bond donors (Lipinski definition) is 1. The van der Waals surface area contributed by atoms with E-state index in [1.165, 1.54) is 5.56 Å². The zero-order valence-electron chi connectivity index (χ0n) is 11.7. The minimum Gasteiger partial charge on any atom is -0.509 e. The Kier molecular flexibility index (Phi) is 6.36. The molecule has 4 heteroatoms. The molecule has 3 nitrogen and oxygen atoms in total. The molecule has 1 rings (SSSR count). The Hall–Kier alpha value is -1.55. The molecule has 19 heavy (non-hydrogen) atoms. The summed E-state index contributed by atoms with van der Waals surface area (Å²) in [6, 6.07) is 4.06. The van der Waals surface area contributed by atoms with Gasteiger partial charge in [-0.2, -0.15) is 0 Å². The van der Waals surface area contributed by atoms with Crippen molar-refractivity contribution in [3.05, 3.63) is 53.7 Å². The van der Waals surface area contributed by atoms with E-state index in [9.17, 15) is 0 Å². The van der Waals surface area contributed by atoms with E-state index < -0.39 is 0 Å². The van der Waals surface area contributed by atoms with Gasteiger partial charge in [-0.3, -0.25) is 9.98 Å². The zero-order valence-corrected chi connectivity index (χ0v) is 12.5. The normalized spacial score (nSPS) is 12.6. The van der Waals surface area contributed by atoms with E-state index in [2.05, 4.69) is 29.5 Å². The van der Waals surface area contributed by atoms with Crippen molar-refractivity contribution in [1.29, 1.82) is 0 Å². The molecule has 0 bridgehead atoms. The van der Waals surface area contributed by atoms with Gasteiger partial charge in [0.25, 0.3) is 0 Å². The number of thioether (sulfide) groups is 1. The van der Waals surface area contributed by atoms with E-state index in [4.69, 9.17) is 5.11 Å². The third kappa shape index (κ3) is 5.75. The maximum absolute atomic E-state index is 9.06. The van der Waals surface area contributed by atoms with Gasteiger partial charge in [0.1, 0.15) is 5.76 Å². The van der Waals surface area contributed by atoms with Gasteiger partial charge in [-0.05, 0) is 31.9 Å². The van der Waals surface area contributed by atoms with Crippen LogP contribution in [0.2, 0.25) is 0 Å². The van der Waals surface area contributed by atoms with Gasteiger partial charge in [0.05, 0.1) is 5.04 Å². The van der Waals surface area contributed by atoms with Crippen LogP contribution in [0.25, 0.3) is 0 Å². The van der Waals surface area contributed by atoms with Crippen LogP contribution in [0.15, 0.2) is 47.4 Å². The number of aliphatic imine (C=N–C) groups is 1. The third-order valence-corrected chi connectivity index (χ3v) is 3.43. The van der Waals surface area contributed by atoms with Crippen LogP contribution in [0.5, 0.6) is 0 Å². The zero-order chi connectivity index (χ0) is 14.3. The summed E-state index contributed by atoms with van der Waals surface area (Å²) in [5.41, 5.74) is 3.14. The van der Waals surface area contributed by atoms with Crippen molar-refractivity contribution >= 4 is 16.8 Å². The maximum Gasteiger partial charge on any atom is 0.110 e. The summed E-state index contributed by atoms with van der Waals surface area (Å²) in [6.07, 6.45) is 4.31. The first-order valence-corrected chi connectivity index (χ1v) is 7.18. The predicted molar refractivity (Wildman–Crippen MR) is 83.5 cm³/mol. The van der Waals surface area contributed by atoms with Gasteiger partial charge >= 0.3 is 0 Å². The molecule has 0 aliphatic rings. The first-order chi connectivity index (χ1) is 9.02. The lowest BCUT2D eigenvalue weighted by Crippen LogP contribution is -1.95. The van der Waals surface area contributed by atoms with Crippen molar-refractivity contribution in [2.24, 2.45) is 4.99 Å². The van der Waals surface area contributed by atoms with Crippen LogP contribution in [0.3, 0.4) is 0 Å². The molecule has 1 aromatic heterocycles. The lowest BCUT2D eigenvalue weighted by Gasteiger charge is -2.06. The van der Waals surface area contributed by atoms with Crippen molar-refractivity contribution in [2.45, 2.75) is 32.9 Å². The second-order valence-electron chi connectivity index (χ2n) is 4.16. The van der Waals surface area contributed by atoms with Crippen LogP contribution >= 0.6 is 11.8 Å². The van der Waals surface area contributed by atoms with Crippen molar-refractivity contribution in [3.8, 4) is 0 Å². The first-order valence-electron chi connectivity index (χ1n) is 6.20. The van der Waals surface area contributed by atoms with Crippen LogP contribution in [-0.2, 0) is 12.2 Å². The number of nitrogens with zero attached hydrogens (tertiary/aromatic N) is 2. The van der Waals surface area contributed by atoms with Gasteiger partial charge in [-0.15, -0.1) is 11.8 Å². The first kappa shape index (κ1) is 15.5. The highest BCUT2D eigenvalue weighted by Crippen LogP contribution is 2.17. The SMILES string of the molecule is C=C(O)/C=C(C)\N=C(/C)SCc1cccnc1CC. The molecule has 0 fully saturated rings. The molecule has 0 saturated carbocycles. The fourth-order valence-corrected chi connectivity index (χ4v) is 2.49. The fourth-order valence-electron chi connectivity index (χ4n) is 1.66. The summed E-state index contributed by atoms with van der Waals surface area (Å²) < 4.78 is 0. The standard InChI is InChI=1S/C15H20N2OS/c1-5-15-14(7-6-8-16-15)10-19-13(4)17-11(2)9-12(3)18/h6-9,18H,3,5,10H2,1-2,4H3/b11-9-,17-13+. The quantitative estimate of drug-likeness (QED) is 0.378. The molecule has 1 heterocycles. The lowest BCUT2D eigenvalue weighted by atomic mass is 10.2. The van der Waals surface area contributed by atoms with Crippen LogP contribution in [0, 0.1) is 0 Å². The van der Waals surface area contributed by atoms with E-state index >= 15 is 0 Å². The van der Waals surface area contributed by atoms with Crippen LogP contribution in [-0.4, -0.2) is 15.1 Å². The highest BCUT2D eigenvalue weighted by molar-refractivity contribution is 8.13. The number of aromatic nitrogens is 1. The molecule has 0 atom stereocenters. The Labute approximate surface area is 119 Å². The monoisotopic (exact) mass is 276 g/mol. The average molecular weight is 276 g/mol. The molecule has 0 spiro atoms. The van der Waals surface area contributed by atoms with E-state index in [-0.39, 0.29) is 5.76 Å². The molecule has 102 valence electrons. The largest absolute Gasteiger partial charge is 0.509 e. The molecule has 0 aromatic carbocycles. The number of pyridine rings is 1. The number of allylic oxidation sites excluding steroid dienone is 2. The number of aliphatic hydroxyl groups excluding tert-OH is 1. The summed E-state index contributed by atoms with van der Waals surface area (Å²) in [4.78, 5) is 8.75. The summed E-state index contributed by atoms with van der Waals surface area (Å²) in [6.45, 7) is 9.32. The molecule has 0 aliphatic carbocycles. The average Bonchev–Trinajstić information content (AvgIpc) is 2.35. The minimum atomic E-state index is 0.0274. The second kappa shape index (κ2) is 7.79. The third-order valence-electron chi connectivity index (χ3n) is 2.47. The highest BCUT2D eigenvalue weighted by atomic mass is 32.2. The molecular weight excluding hydrogens is 256 g/mol. The van der Waals surface area contributed by atoms with E-state index in [1.807, 2.05) is 26.1 Å². The number of aliphatic hydroxyl groups is 1. The molecular formula is C15H20N2OS. The Morgan fingerprint density at radius 1 is 1.53 bits per heavy atom. The van der Waals surface area contributed by atoms with Crippen LogP contribution in [0.4, 0.5) is 0 Å². The molecule has 0 aliphatic heterocycles. The molecule has 1 aromatic rings. The smallest absolute Gasteiger partial charge is 0.110 e. The van der Waals surface area contributed by atoms with Crippen LogP contribution in [0.1, 0.15) is 32.0 Å². The van der Waals surface area contributed by atoms with Gasteiger partial charge in [0, 0.05) is 29.4 Å². The van der Waals surface area contributed by atoms with Gasteiger partial charge in [0.2, 0.25) is 0 Å². The maximum atomic E-state index is 9.06. The van der Waals surface area contributed by atoms with Crippen molar-refractivity contribution in [2.75, 3.05) is 0 Å². The van der Waals surface area contributed by atoms with E-state index in [0.29, 0.717) is 0 Å². The van der Waals surface area contributed by atoms with Gasteiger partial charge in [-0.1, -0.05) is 19.6 Å². The molecule has 0 saturated heterocycles. The summed E-state index contributed by atoms with van der Waals surface area (Å²) in [5, 5.41) is 10.0. The fraction of sp³-hybridized carbons (Fsp3) is 0.333. The number of aryl methyl sites for hydroxylation is 1. The molecule has 0 amide bonds. The Balaban J connectivity index is 2.66. The second-order valence-corrected chi connectivity index (χ2v) is 5.33.